The Balaban J connectivity index is 2.27. The van der Waals surface area contributed by atoms with E-state index in [1.54, 1.807) is 0 Å². The van der Waals surface area contributed by atoms with Gasteiger partial charge in [0.15, 0.2) is 0 Å². The van der Waals surface area contributed by atoms with Gasteiger partial charge in [-0.05, 0) is 54.3 Å². The average Bonchev–Trinajstić information content (AvgIpc) is 2.43. The minimum atomic E-state index is 0.376. The van der Waals surface area contributed by atoms with Crippen molar-refractivity contribution in [1.29, 1.82) is 0 Å². The van der Waals surface area contributed by atoms with Gasteiger partial charge in [0.2, 0.25) is 0 Å². The van der Waals surface area contributed by atoms with Gasteiger partial charge in [0.05, 0.1) is 0 Å². The Morgan fingerprint density at radius 1 is 1.06 bits per heavy atom. The van der Waals surface area contributed by atoms with Gasteiger partial charge in [-0.2, -0.15) is 0 Å². The van der Waals surface area contributed by atoms with Crippen molar-refractivity contribution >= 4 is 0 Å². The van der Waals surface area contributed by atoms with Crippen LogP contribution in [0.2, 0.25) is 0 Å². The molecule has 2 rings (SSSR count). The standard InChI is InChI=1S/C17H32O/c1-12-6-5-10-17(4)15(9-11-18)13(2)7-8-16(17)14(12)3/h12-16,18H,5-11H2,1-4H3. The van der Waals surface area contributed by atoms with Crippen LogP contribution in [0, 0.1) is 35.0 Å². The minimum absolute atomic E-state index is 0.376. The summed E-state index contributed by atoms with van der Waals surface area (Å²) in [5.41, 5.74) is 0.491. The molecule has 2 fully saturated rings. The first-order chi connectivity index (χ1) is 8.50. The molecule has 0 radical (unpaired) electrons. The van der Waals surface area contributed by atoms with Gasteiger partial charge < -0.3 is 5.11 Å². The van der Waals surface area contributed by atoms with E-state index in [1.165, 1.54) is 32.1 Å². The van der Waals surface area contributed by atoms with E-state index in [-0.39, 0.29) is 0 Å². The average molecular weight is 252 g/mol. The Hall–Kier alpha value is -0.0400. The number of aliphatic hydroxyl groups is 1. The Labute approximate surface area is 113 Å². The molecule has 0 heterocycles. The van der Waals surface area contributed by atoms with Gasteiger partial charge in [-0.25, -0.2) is 0 Å². The zero-order valence-corrected chi connectivity index (χ0v) is 12.8. The van der Waals surface area contributed by atoms with Gasteiger partial charge in [0.25, 0.3) is 0 Å². The highest BCUT2D eigenvalue weighted by Crippen LogP contribution is 2.57. The van der Waals surface area contributed by atoms with Crippen LogP contribution in [-0.4, -0.2) is 11.7 Å². The molecule has 1 N–H and O–H groups in total. The monoisotopic (exact) mass is 252 g/mol. The highest BCUT2D eigenvalue weighted by Gasteiger charge is 2.49. The number of rotatable bonds is 2. The molecule has 1 nitrogen and oxygen atoms in total. The summed E-state index contributed by atoms with van der Waals surface area (Å²) in [7, 11) is 0. The molecule has 0 bridgehead atoms. The third kappa shape index (κ3) is 2.35. The van der Waals surface area contributed by atoms with E-state index < -0.39 is 0 Å². The molecule has 1 heteroatoms. The Kier molecular flexibility index (Phi) is 4.41. The zero-order valence-electron chi connectivity index (χ0n) is 12.8. The fourth-order valence-corrected chi connectivity index (χ4v) is 5.35. The van der Waals surface area contributed by atoms with E-state index in [4.69, 9.17) is 0 Å². The highest BCUT2D eigenvalue weighted by molar-refractivity contribution is 4.98. The first-order valence-electron chi connectivity index (χ1n) is 8.11. The van der Waals surface area contributed by atoms with Crippen LogP contribution < -0.4 is 0 Å². The van der Waals surface area contributed by atoms with Gasteiger partial charge in [-0.3, -0.25) is 0 Å². The lowest BCUT2D eigenvalue weighted by atomic mass is 9.53. The third-order valence-electron chi connectivity index (χ3n) is 6.66. The van der Waals surface area contributed by atoms with Crippen molar-refractivity contribution < 1.29 is 5.11 Å². The molecule has 2 aliphatic carbocycles. The largest absolute Gasteiger partial charge is 0.396 e. The van der Waals surface area contributed by atoms with Crippen LogP contribution in [0.4, 0.5) is 0 Å². The summed E-state index contributed by atoms with van der Waals surface area (Å²) in [5, 5.41) is 9.43. The highest BCUT2D eigenvalue weighted by atomic mass is 16.3. The van der Waals surface area contributed by atoms with Crippen molar-refractivity contribution in [2.75, 3.05) is 6.61 Å². The fourth-order valence-electron chi connectivity index (χ4n) is 5.35. The SMILES string of the molecule is CC1CCCC2(C)C(CCO)C(C)CCC2C1C. The Morgan fingerprint density at radius 3 is 2.44 bits per heavy atom. The van der Waals surface area contributed by atoms with E-state index in [0.29, 0.717) is 12.0 Å². The summed E-state index contributed by atoms with van der Waals surface area (Å²) in [6.07, 6.45) is 8.02. The second-order valence-corrected chi connectivity index (χ2v) is 7.51. The lowest BCUT2D eigenvalue weighted by Crippen LogP contribution is -2.45. The summed E-state index contributed by atoms with van der Waals surface area (Å²) in [6, 6.07) is 0. The fraction of sp³-hybridized carbons (Fsp3) is 1.00. The molecule has 0 saturated heterocycles. The molecule has 0 aromatic rings. The molecule has 18 heavy (non-hydrogen) atoms. The molecular weight excluding hydrogens is 220 g/mol. The van der Waals surface area contributed by atoms with Crippen LogP contribution in [0.3, 0.4) is 0 Å². The van der Waals surface area contributed by atoms with E-state index in [2.05, 4.69) is 27.7 Å². The van der Waals surface area contributed by atoms with Crippen LogP contribution in [-0.2, 0) is 0 Å². The van der Waals surface area contributed by atoms with Crippen molar-refractivity contribution in [3.8, 4) is 0 Å². The van der Waals surface area contributed by atoms with Crippen LogP contribution in [0.25, 0.3) is 0 Å². The number of aliphatic hydroxyl groups excluding tert-OH is 1. The van der Waals surface area contributed by atoms with E-state index in [0.717, 1.165) is 36.0 Å². The predicted octanol–water partition coefficient (Wildman–Crippen LogP) is 4.49. The molecule has 0 aliphatic heterocycles. The first kappa shape index (κ1) is 14.4. The second kappa shape index (κ2) is 5.53. The summed E-state index contributed by atoms with van der Waals surface area (Å²) in [6.45, 7) is 10.3. The second-order valence-electron chi connectivity index (χ2n) is 7.51. The molecule has 6 unspecified atom stereocenters. The van der Waals surface area contributed by atoms with Gasteiger partial charge in [-0.1, -0.05) is 47.0 Å². The van der Waals surface area contributed by atoms with Crippen molar-refractivity contribution in [3.63, 3.8) is 0 Å². The summed E-state index contributed by atoms with van der Waals surface area (Å²) in [5.74, 6) is 4.20. The molecule has 0 aromatic carbocycles. The van der Waals surface area contributed by atoms with E-state index >= 15 is 0 Å². The molecule has 2 aliphatic rings. The predicted molar refractivity (Wildman–Crippen MR) is 77.4 cm³/mol. The van der Waals surface area contributed by atoms with Crippen LogP contribution in [0.1, 0.15) is 66.2 Å². The van der Waals surface area contributed by atoms with Gasteiger partial charge in [0.1, 0.15) is 0 Å². The molecule has 0 amide bonds. The zero-order chi connectivity index (χ0) is 13.3. The molecular formula is C17H32O. The Bertz CT molecular complexity index is 275. The normalized spacial score (nSPS) is 49.5. The first-order valence-corrected chi connectivity index (χ1v) is 8.11. The molecule has 6 atom stereocenters. The lowest BCUT2D eigenvalue weighted by molar-refractivity contribution is -0.0401. The number of hydrogen-bond acceptors (Lipinski definition) is 1. The van der Waals surface area contributed by atoms with Crippen molar-refractivity contribution in [1.82, 2.24) is 0 Å². The maximum Gasteiger partial charge on any atom is 0.0433 e. The van der Waals surface area contributed by atoms with E-state index in [9.17, 15) is 5.11 Å². The Morgan fingerprint density at radius 2 is 1.78 bits per heavy atom. The van der Waals surface area contributed by atoms with Crippen molar-refractivity contribution in [2.24, 2.45) is 35.0 Å². The van der Waals surface area contributed by atoms with Gasteiger partial charge in [0, 0.05) is 6.61 Å². The molecule has 0 aromatic heterocycles. The maximum absolute atomic E-state index is 9.43. The van der Waals surface area contributed by atoms with Crippen molar-refractivity contribution in [2.45, 2.75) is 66.2 Å². The quantitative estimate of drug-likeness (QED) is 0.767. The maximum atomic E-state index is 9.43. The number of fused-ring (bicyclic) bond motifs is 1. The van der Waals surface area contributed by atoms with Gasteiger partial charge >= 0.3 is 0 Å². The van der Waals surface area contributed by atoms with Crippen molar-refractivity contribution in [3.05, 3.63) is 0 Å². The molecule has 106 valence electrons. The summed E-state index contributed by atoms with van der Waals surface area (Å²) in [4.78, 5) is 0. The summed E-state index contributed by atoms with van der Waals surface area (Å²) >= 11 is 0. The number of hydrogen-bond donors (Lipinski definition) is 1. The lowest BCUT2D eigenvalue weighted by Gasteiger charge is -2.52. The van der Waals surface area contributed by atoms with E-state index in [1.807, 2.05) is 0 Å². The van der Waals surface area contributed by atoms with Crippen LogP contribution in [0.15, 0.2) is 0 Å². The van der Waals surface area contributed by atoms with Gasteiger partial charge in [-0.15, -0.1) is 0 Å². The smallest absolute Gasteiger partial charge is 0.0433 e. The third-order valence-corrected chi connectivity index (χ3v) is 6.66. The van der Waals surface area contributed by atoms with Crippen LogP contribution >= 0.6 is 0 Å². The summed E-state index contributed by atoms with van der Waals surface area (Å²) < 4.78 is 0. The van der Waals surface area contributed by atoms with Crippen LogP contribution in [0.5, 0.6) is 0 Å². The molecule has 0 spiro atoms. The molecule has 2 saturated carbocycles. The topological polar surface area (TPSA) is 20.2 Å². The minimum Gasteiger partial charge on any atom is -0.396 e.